The maximum absolute atomic E-state index is 13.6. The van der Waals surface area contributed by atoms with Gasteiger partial charge in [0.1, 0.15) is 10.7 Å². The maximum atomic E-state index is 13.6. The molecule has 0 fully saturated rings. The summed E-state index contributed by atoms with van der Waals surface area (Å²) in [5, 5.41) is 8.84. The molecule has 1 N–H and O–H groups in total. The van der Waals surface area contributed by atoms with Gasteiger partial charge in [-0.25, -0.2) is 22.6 Å². The number of carbonyl (C=O) groups is 1. The van der Waals surface area contributed by atoms with Gasteiger partial charge in [0.2, 0.25) is 0 Å². The van der Waals surface area contributed by atoms with E-state index in [0.29, 0.717) is 6.54 Å². The van der Waals surface area contributed by atoms with Crippen molar-refractivity contribution in [1.29, 1.82) is 0 Å². The normalized spacial score (nSPS) is 11.5. The number of aryl methyl sites for hydroxylation is 1. The fourth-order valence-corrected chi connectivity index (χ4v) is 3.24. The molecule has 21 heavy (non-hydrogen) atoms. The number of rotatable bonds is 6. The van der Waals surface area contributed by atoms with Crippen LogP contribution in [0.15, 0.2) is 41.8 Å². The topological polar surface area (TPSA) is 89.3 Å². The van der Waals surface area contributed by atoms with Gasteiger partial charge in [-0.05, 0) is 24.6 Å². The first kappa shape index (κ1) is 15.2. The lowest BCUT2D eigenvalue weighted by Gasteiger charge is -2.07. The average molecular weight is 312 g/mol. The number of hydrogen-bond donors (Lipinski definition) is 1. The van der Waals surface area contributed by atoms with Crippen molar-refractivity contribution in [3.63, 3.8) is 0 Å². The van der Waals surface area contributed by atoms with Crippen molar-refractivity contribution in [3.8, 4) is 0 Å². The Kier molecular flexibility index (Phi) is 4.37. The van der Waals surface area contributed by atoms with Crippen molar-refractivity contribution in [2.24, 2.45) is 0 Å². The second-order valence-electron chi connectivity index (χ2n) is 4.42. The minimum Gasteiger partial charge on any atom is -0.478 e. The molecule has 112 valence electrons. The van der Waals surface area contributed by atoms with E-state index in [-0.39, 0.29) is 17.7 Å². The van der Waals surface area contributed by atoms with Crippen LogP contribution in [0, 0.1) is 5.82 Å². The lowest BCUT2D eigenvalue weighted by atomic mass is 10.2. The molecule has 1 aromatic carbocycles. The van der Waals surface area contributed by atoms with E-state index in [1.807, 2.05) is 0 Å². The molecular weight excluding hydrogens is 299 g/mol. The van der Waals surface area contributed by atoms with E-state index >= 15 is 0 Å². The lowest BCUT2D eigenvalue weighted by Crippen LogP contribution is -2.12. The van der Waals surface area contributed by atoms with Gasteiger partial charge in [0.05, 0.1) is 17.6 Å². The van der Waals surface area contributed by atoms with Crippen LogP contribution in [0.4, 0.5) is 4.39 Å². The monoisotopic (exact) mass is 312 g/mol. The first-order valence-corrected chi connectivity index (χ1v) is 7.77. The Balaban J connectivity index is 2.15. The molecule has 0 saturated carbocycles. The van der Waals surface area contributed by atoms with E-state index in [9.17, 15) is 17.6 Å². The molecule has 0 aliphatic rings. The highest BCUT2D eigenvalue weighted by atomic mass is 32.2. The number of carboxylic acid groups (broad SMARTS) is 1. The first-order chi connectivity index (χ1) is 9.90. The van der Waals surface area contributed by atoms with Crippen LogP contribution >= 0.6 is 0 Å². The Labute approximate surface area is 120 Å². The zero-order valence-electron chi connectivity index (χ0n) is 10.9. The summed E-state index contributed by atoms with van der Waals surface area (Å²) >= 11 is 0. The number of halogens is 1. The van der Waals surface area contributed by atoms with Crippen molar-refractivity contribution >= 4 is 15.8 Å². The summed E-state index contributed by atoms with van der Waals surface area (Å²) in [5.41, 5.74) is -0.260. The van der Waals surface area contributed by atoms with Gasteiger partial charge >= 0.3 is 5.97 Å². The van der Waals surface area contributed by atoms with Crippen molar-refractivity contribution in [2.45, 2.75) is 17.9 Å². The van der Waals surface area contributed by atoms with E-state index in [4.69, 9.17) is 5.11 Å². The van der Waals surface area contributed by atoms with Gasteiger partial charge in [-0.15, -0.1) is 0 Å². The second kappa shape index (κ2) is 6.04. The molecule has 8 heteroatoms. The Morgan fingerprint density at radius 1 is 1.38 bits per heavy atom. The Bertz CT molecular complexity index is 742. The third kappa shape index (κ3) is 3.66. The first-order valence-electron chi connectivity index (χ1n) is 6.11. The quantitative estimate of drug-likeness (QED) is 0.875. The van der Waals surface area contributed by atoms with Gasteiger partial charge in [-0.2, -0.15) is 0 Å². The van der Waals surface area contributed by atoms with Crippen LogP contribution in [-0.4, -0.2) is 34.8 Å². The molecule has 0 saturated heterocycles. The third-order valence-electron chi connectivity index (χ3n) is 2.90. The number of imidazole rings is 1. The molecule has 0 spiro atoms. The highest BCUT2D eigenvalue weighted by molar-refractivity contribution is 7.91. The molecule has 1 heterocycles. The highest BCUT2D eigenvalue weighted by Gasteiger charge is 2.20. The van der Waals surface area contributed by atoms with Crippen LogP contribution in [0.5, 0.6) is 0 Å². The van der Waals surface area contributed by atoms with E-state index in [0.717, 1.165) is 18.2 Å². The van der Waals surface area contributed by atoms with E-state index in [1.165, 1.54) is 0 Å². The summed E-state index contributed by atoms with van der Waals surface area (Å²) in [7, 11) is -3.87. The molecule has 0 aliphatic heterocycles. The third-order valence-corrected chi connectivity index (χ3v) is 4.71. The number of aromatic nitrogens is 2. The van der Waals surface area contributed by atoms with Crippen LogP contribution < -0.4 is 0 Å². The van der Waals surface area contributed by atoms with Crippen LogP contribution in [0.2, 0.25) is 0 Å². The Morgan fingerprint density at radius 3 is 2.76 bits per heavy atom. The summed E-state index contributed by atoms with van der Waals surface area (Å²) in [6, 6.07) is 2.73. The zero-order valence-corrected chi connectivity index (χ0v) is 11.8. The van der Waals surface area contributed by atoms with Gasteiger partial charge in [-0.3, -0.25) is 0 Å². The van der Waals surface area contributed by atoms with Gasteiger partial charge in [0.25, 0.3) is 0 Å². The zero-order chi connectivity index (χ0) is 15.5. The largest absolute Gasteiger partial charge is 0.478 e. The molecule has 0 atom stereocenters. The van der Waals surface area contributed by atoms with Crippen LogP contribution in [0.25, 0.3) is 0 Å². The highest BCUT2D eigenvalue weighted by Crippen LogP contribution is 2.19. The Hall–Kier alpha value is -2.22. The summed E-state index contributed by atoms with van der Waals surface area (Å²) in [6.45, 7) is 0.430. The number of carboxylic acids is 1. The van der Waals surface area contributed by atoms with Gasteiger partial charge in [-0.1, -0.05) is 0 Å². The average Bonchev–Trinajstić information content (AvgIpc) is 2.91. The molecule has 0 radical (unpaired) electrons. The second-order valence-corrected chi connectivity index (χ2v) is 6.50. The molecular formula is C13H13FN2O4S. The number of benzene rings is 1. The molecule has 2 aromatic rings. The SMILES string of the molecule is O=C(O)c1ccc(F)c(S(=O)(=O)CCCn2ccnc2)c1. The number of nitrogens with zero attached hydrogens (tertiary/aromatic N) is 2. The smallest absolute Gasteiger partial charge is 0.335 e. The fraction of sp³-hybridized carbons (Fsp3) is 0.231. The van der Waals surface area contributed by atoms with Crippen molar-refractivity contribution < 1.29 is 22.7 Å². The summed E-state index contributed by atoms with van der Waals surface area (Å²) < 4.78 is 39.5. The van der Waals surface area contributed by atoms with Crippen LogP contribution in [-0.2, 0) is 16.4 Å². The van der Waals surface area contributed by atoms with Crippen LogP contribution in [0.1, 0.15) is 16.8 Å². The summed E-state index contributed by atoms with van der Waals surface area (Å²) in [6.07, 6.45) is 5.09. The molecule has 6 nitrogen and oxygen atoms in total. The lowest BCUT2D eigenvalue weighted by molar-refractivity contribution is 0.0696. The molecule has 1 aromatic heterocycles. The van der Waals surface area contributed by atoms with Gasteiger partial charge < -0.3 is 9.67 Å². The molecule has 0 unspecified atom stereocenters. The van der Waals surface area contributed by atoms with Crippen molar-refractivity contribution in [2.75, 3.05) is 5.75 Å². The number of sulfone groups is 1. The molecule has 0 bridgehead atoms. The summed E-state index contributed by atoms with van der Waals surface area (Å²) in [5.74, 6) is -2.52. The molecule has 0 aliphatic carbocycles. The summed E-state index contributed by atoms with van der Waals surface area (Å²) in [4.78, 5) is 14.1. The van der Waals surface area contributed by atoms with Gasteiger partial charge in [0.15, 0.2) is 9.84 Å². The predicted molar refractivity (Wildman–Crippen MR) is 72.3 cm³/mol. The minimum absolute atomic E-state index is 0.260. The fourth-order valence-electron chi connectivity index (χ4n) is 1.84. The standard InChI is InChI=1S/C13H13FN2O4S/c14-11-3-2-10(13(17)18)8-12(11)21(19,20)7-1-5-16-6-4-15-9-16/h2-4,6,8-9H,1,5,7H2,(H,17,18). The molecule has 0 amide bonds. The van der Waals surface area contributed by atoms with Crippen LogP contribution in [0.3, 0.4) is 0 Å². The van der Waals surface area contributed by atoms with Crippen molar-refractivity contribution in [1.82, 2.24) is 9.55 Å². The molecule has 2 rings (SSSR count). The van der Waals surface area contributed by atoms with E-state index < -0.39 is 26.5 Å². The maximum Gasteiger partial charge on any atom is 0.335 e. The van der Waals surface area contributed by atoms with E-state index in [2.05, 4.69) is 4.98 Å². The van der Waals surface area contributed by atoms with Gasteiger partial charge in [0, 0.05) is 18.9 Å². The minimum atomic E-state index is -3.87. The number of hydrogen-bond acceptors (Lipinski definition) is 4. The van der Waals surface area contributed by atoms with E-state index in [1.54, 1.807) is 23.3 Å². The Morgan fingerprint density at radius 2 is 2.14 bits per heavy atom. The predicted octanol–water partition coefficient (Wildman–Crippen LogP) is 1.58. The van der Waals surface area contributed by atoms with Crippen molar-refractivity contribution in [3.05, 3.63) is 48.3 Å². The number of aromatic carboxylic acids is 1.